The molecule has 0 bridgehead atoms. The lowest BCUT2D eigenvalue weighted by molar-refractivity contribution is 0.112. The highest BCUT2D eigenvalue weighted by atomic mass is 16.5. The zero-order chi connectivity index (χ0) is 12.7. The monoisotopic (exact) mass is 239 g/mol. The van der Waals surface area contributed by atoms with Crippen LogP contribution in [0, 0.1) is 6.92 Å². The second-order valence-electron chi connectivity index (χ2n) is 4.36. The fourth-order valence-electron chi connectivity index (χ4n) is 2.36. The van der Waals surface area contributed by atoms with Gasteiger partial charge in [0, 0.05) is 21.9 Å². The van der Waals surface area contributed by atoms with E-state index in [0.717, 1.165) is 45.0 Å². The Bertz CT molecular complexity index is 756. The van der Waals surface area contributed by atoms with Crippen LogP contribution >= 0.6 is 0 Å². The van der Waals surface area contributed by atoms with E-state index in [1.165, 1.54) is 0 Å². The number of nitrogens with one attached hydrogen (secondary N) is 1. The van der Waals surface area contributed by atoms with Gasteiger partial charge in [-0.05, 0) is 30.7 Å². The van der Waals surface area contributed by atoms with E-state index in [1.807, 2.05) is 37.3 Å². The molecule has 0 unspecified atom stereocenters. The Hall–Kier alpha value is -2.29. The summed E-state index contributed by atoms with van der Waals surface area (Å²) in [5, 5.41) is 2.23. The molecule has 18 heavy (non-hydrogen) atoms. The van der Waals surface area contributed by atoms with Crippen molar-refractivity contribution in [1.29, 1.82) is 0 Å². The Morgan fingerprint density at radius 1 is 1.17 bits per heavy atom. The minimum absolute atomic E-state index is 0.723. The van der Waals surface area contributed by atoms with E-state index in [2.05, 4.69) is 4.98 Å². The van der Waals surface area contributed by atoms with Gasteiger partial charge in [0.25, 0.3) is 0 Å². The lowest BCUT2D eigenvalue weighted by Crippen LogP contribution is -1.86. The van der Waals surface area contributed by atoms with Gasteiger partial charge in [-0.1, -0.05) is 12.1 Å². The Morgan fingerprint density at radius 3 is 2.72 bits per heavy atom. The van der Waals surface area contributed by atoms with Crippen LogP contribution in [0.3, 0.4) is 0 Å². The average Bonchev–Trinajstić information content (AvgIpc) is 2.78. The highest BCUT2D eigenvalue weighted by Gasteiger charge is 2.09. The third kappa shape index (κ3) is 1.40. The van der Waals surface area contributed by atoms with Crippen LogP contribution in [0.2, 0.25) is 0 Å². The number of hydrogen-bond donors (Lipinski definition) is 1. The van der Waals surface area contributed by atoms with Crippen molar-refractivity contribution in [2.75, 3.05) is 7.11 Å². The number of aromatic amines is 1. The van der Waals surface area contributed by atoms with Crippen molar-refractivity contribution >= 4 is 28.1 Å². The Morgan fingerprint density at radius 2 is 2.00 bits per heavy atom. The third-order valence-corrected chi connectivity index (χ3v) is 3.41. The summed E-state index contributed by atoms with van der Waals surface area (Å²) >= 11 is 0. The quantitative estimate of drug-likeness (QED) is 0.696. The maximum Gasteiger partial charge on any atom is 0.150 e. The fourth-order valence-corrected chi connectivity index (χ4v) is 2.36. The number of benzene rings is 2. The second-order valence-corrected chi connectivity index (χ2v) is 4.36. The van der Waals surface area contributed by atoms with Crippen LogP contribution in [-0.2, 0) is 0 Å². The highest BCUT2D eigenvalue weighted by Crippen LogP contribution is 2.31. The summed E-state index contributed by atoms with van der Waals surface area (Å²) in [5.41, 5.74) is 3.78. The second kappa shape index (κ2) is 3.88. The SMILES string of the molecule is COc1ccc2[nH]c3c(C)c(C=O)ccc3c2c1. The summed E-state index contributed by atoms with van der Waals surface area (Å²) in [4.78, 5) is 14.3. The molecule has 1 heterocycles. The number of aldehydes is 1. The van der Waals surface area contributed by atoms with Crippen molar-refractivity contribution in [3.05, 3.63) is 41.5 Å². The molecule has 1 aromatic heterocycles. The summed E-state index contributed by atoms with van der Waals surface area (Å²) < 4.78 is 5.25. The number of fused-ring (bicyclic) bond motifs is 3. The van der Waals surface area contributed by atoms with E-state index < -0.39 is 0 Å². The normalized spacial score (nSPS) is 11.0. The van der Waals surface area contributed by atoms with E-state index in [9.17, 15) is 4.79 Å². The number of ether oxygens (including phenoxy) is 1. The van der Waals surface area contributed by atoms with Crippen molar-refractivity contribution in [2.45, 2.75) is 6.92 Å². The topological polar surface area (TPSA) is 42.1 Å². The molecule has 0 atom stereocenters. The van der Waals surface area contributed by atoms with Gasteiger partial charge in [0.05, 0.1) is 12.6 Å². The first-order valence-electron chi connectivity index (χ1n) is 5.79. The molecular weight excluding hydrogens is 226 g/mol. The maximum absolute atomic E-state index is 11.0. The molecule has 0 aliphatic heterocycles. The zero-order valence-electron chi connectivity index (χ0n) is 10.3. The number of rotatable bonds is 2. The predicted molar refractivity (Wildman–Crippen MR) is 72.5 cm³/mol. The van der Waals surface area contributed by atoms with Gasteiger partial charge in [-0.25, -0.2) is 0 Å². The van der Waals surface area contributed by atoms with Gasteiger partial charge in [0.15, 0.2) is 0 Å². The molecular formula is C15H13NO2. The van der Waals surface area contributed by atoms with Crippen molar-refractivity contribution < 1.29 is 9.53 Å². The number of H-pyrrole nitrogens is 1. The number of aryl methyl sites for hydroxylation is 1. The van der Waals surface area contributed by atoms with Gasteiger partial charge in [-0.15, -0.1) is 0 Å². The van der Waals surface area contributed by atoms with E-state index >= 15 is 0 Å². The smallest absolute Gasteiger partial charge is 0.150 e. The van der Waals surface area contributed by atoms with Gasteiger partial charge in [-0.2, -0.15) is 0 Å². The Kier molecular flexibility index (Phi) is 2.33. The molecule has 0 spiro atoms. The Balaban J connectivity index is 2.44. The number of carbonyl (C=O) groups is 1. The van der Waals surface area contributed by atoms with Crippen molar-refractivity contribution in [2.24, 2.45) is 0 Å². The lowest BCUT2D eigenvalue weighted by Gasteiger charge is -2.00. The minimum Gasteiger partial charge on any atom is -0.497 e. The first kappa shape index (κ1) is 10.8. The highest BCUT2D eigenvalue weighted by molar-refractivity contribution is 6.10. The van der Waals surface area contributed by atoms with Gasteiger partial charge in [0.2, 0.25) is 0 Å². The Labute approximate surface area is 104 Å². The summed E-state index contributed by atoms with van der Waals surface area (Å²) in [6.45, 7) is 1.96. The van der Waals surface area contributed by atoms with Crippen molar-refractivity contribution in [3.63, 3.8) is 0 Å². The molecule has 0 saturated carbocycles. The van der Waals surface area contributed by atoms with Crippen molar-refractivity contribution in [1.82, 2.24) is 4.98 Å². The van der Waals surface area contributed by atoms with Crippen LogP contribution in [0.1, 0.15) is 15.9 Å². The molecule has 3 aromatic rings. The van der Waals surface area contributed by atoms with E-state index in [4.69, 9.17) is 4.74 Å². The first-order chi connectivity index (χ1) is 8.74. The largest absolute Gasteiger partial charge is 0.497 e. The number of hydrogen-bond acceptors (Lipinski definition) is 2. The standard InChI is InChI=1S/C15H13NO2/c1-9-10(8-17)3-5-12-13-7-11(18-2)4-6-14(13)16-15(9)12/h3-8,16H,1-2H3. The lowest BCUT2D eigenvalue weighted by atomic mass is 10.0. The summed E-state index contributed by atoms with van der Waals surface area (Å²) in [6, 6.07) is 9.76. The molecule has 0 radical (unpaired) electrons. The van der Waals surface area contributed by atoms with Crippen LogP contribution < -0.4 is 4.74 Å². The van der Waals surface area contributed by atoms with Crippen LogP contribution in [0.25, 0.3) is 21.8 Å². The summed E-state index contributed by atoms with van der Waals surface area (Å²) in [5.74, 6) is 0.834. The van der Waals surface area contributed by atoms with Gasteiger partial charge in [0.1, 0.15) is 12.0 Å². The fraction of sp³-hybridized carbons (Fsp3) is 0.133. The van der Waals surface area contributed by atoms with E-state index in [1.54, 1.807) is 7.11 Å². The number of aromatic nitrogens is 1. The molecule has 90 valence electrons. The first-order valence-corrected chi connectivity index (χ1v) is 5.79. The van der Waals surface area contributed by atoms with E-state index in [-0.39, 0.29) is 0 Å². The van der Waals surface area contributed by atoms with Crippen molar-refractivity contribution in [3.8, 4) is 5.75 Å². The van der Waals surface area contributed by atoms with Gasteiger partial charge in [-0.3, -0.25) is 4.79 Å². The van der Waals surface area contributed by atoms with Crippen LogP contribution in [0.5, 0.6) is 5.75 Å². The third-order valence-electron chi connectivity index (χ3n) is 3.41. The molecule has 0 aliphatic carbocycles. The predicted octanol–water partition coefficient (Wildman–Crippen LogP) is 3.45. The molecule has 3 rings (SSSR count). The molecule has 1 N–H and O–H groups in total. The minimum atomic E-state index is 0.723. The molecule has 0 fully saturated rings. The van der Waals surface area contributed by atoms with Crippen LogP contribution in [-0.4, -0.2) is 18.4 Å². The molecule has 0 amide bonds. The molecule has 2 aromatic carbocycles. The molecule has 3 nitrogen and oxygen atoms in total. The summed E-state index contributed by atoms with van der Waals surface area (Å²) in [7, 11) is 1.66. The summed E-state index contributed by atoms with van der Waals surface area (Å²) in [6.07, 6.45) is 0.890. The maximum atomic E-state index is 11.0. The van der Waals surface area contributed by atoms with Crippen LogP contribution in [0.15, 0.2) is 30.3 Å². The number of methoxy groups -OCH3 is 1. The van der Waals surface area contributed by atoms with Gasteiger partial charge >= 0.3 is 0 Å². The molecule has 3 heteroatoms. The number of carbonyl (C=O) groups excluding carboxylic acids is 1. The van der Waals surface area contributed by atoms with Crippen LogP contribution in [0.4, 0.5) is 0 Å². The molecule has 0 saturated heterocycles. The zero-order valence-corrected chi connectivity index (χ0v) is 10.3. The van der Waals surface area contributed by atoms with E-state index in [0.29, 0.717) is 0 Å². The average molecular weight is 239 g/mol. The van der Waals surface area contributed by atoms with Gasteiger partial charge < -0.3 is 9.72 Å². The molecule has 0 aliphatic rings.